The van der Waals surface area contributed by atoms with Crippen LogP contribution in [0.5, 0.6) is 0 Å². The summed E-state index contributed by atoms with van der Waals surface area (Å²) >= 11 is 0. The van der Waals surface area contributed by atoms with Gasteiger partial charge in [-0.15, -0.1) is 0 Å². The van der Waals surface area contributed by atoms with Gasteiger partial charge in [-0.1, -0.05) is 6.42 Å². The van der Waals surface area contributed by atoms with Crippen LogP contribution < -0.4 is 5.73 Å². The van der Waals surface area contributed by atoms with Gasteiger partial charge >= 0.3 is 0 Å². The topological polar surface area (TPSA) is 216 Å². The number of carbonyl (C=O) groups is 1. The van der Waals surface area contributed by atoms with Gasteiger partial charge in [0.15, 0.2) is 6.29 Å². The standard InChI is InChI=1S/C18H36N2O8.C6H14O3/c19-7-3-1-2-6-14(23)20(8-4-10-21)9-5-11-27-18-17(26)16(25)15(24)13(12-22)28-18;1-3-9-4-6(8)5(2)7/h13,15-18,21-22,24-26H,1-12,19H2;5-8H,3-4H2,1-2H3/t13?,15-,16?,17?,18+;/m1./s1. The van der Waals surface area contributed by atoms with Crippen LogP contribution in [0.3, 0.4) is 0 Å². The van der Waals surface area contributed by atoms with Gasteiger partial charge in [0.2, 0.25) is 5.91 Å². The van der Waals surface area contributed by atoms with E-state index in [4.69, 9.17) is 35.3 Å². The van der Waals surface area contributed by atoms with Crippen molar-refractivity contribution >= 4 is 5.91 Å². The van der Waals surface area contributed by atoms with Crippen molar-refractivity contribution in [2.24, 2.45) is 5.73 Å². The first kappa shape index (κ1) is 36.0. The molecule has 1 rings (SSSR count). The zero-order chi connectivity index (χ0) is 28.2. The van der Waals surface area contributed by atoms with Crippen LogP contribution in [0.25, 0.3) is 0 Å². The normalized spacial score (nSPS) is 25.2. The Morgan fingerprint density at radius 3 is 2.24 bits per heavy atom. The lowest BCUT2D eigenvalue weighted by molar-refractivity contribution is -0.301. The number of nitrogens with zero attached hydrogens (tertiary/aromatic N) is 1. The summed E-state index contributed by atoms with van der Waals surface area (Å²) in [4.78, 5) is 14.0. The maximum atomic E-state index is 12.3. The van der Waals surface area contributed by atoms with Gasteiger partial charge in [0.05, 0.1) is 25.9 Å². The smallest absolute Gasteiger partial charge is 0.222 e. The first-order valence-corrected chi connectivity index (χ1v) is 13.1. The van der Waals surface area contributed by atoms with Crippen LogP contribution in [-0.2, 0) is 19.0 Å². The molecule has 0 aromatic rings. The van der Waals surface area contributed by atoms with Crippen LogP contribution in [-0.4, -0.2) is 142 Å². The summed E-state index contributed by atoms with van der Waals surface area (Å²) in [5.41, 5.74) is 5.45. The minimum atomic E-state index is -1.48. The van der Waals surface area contributed by atoms with Crippen molar-refractivity contribution in [1.82, 2.24) is 4.90 Å². The summed E-state index contributed by atoms with van der Waals surface area (Å²) in [6.07, 6.45) is -4.03. The van der Waals surface area contributed by atoms with Crippen molar-refractivity contribution < 1.29 is 54.8 Å². The maximum Gasteiger partial charge on any atom is 0.222 e. The Balaban J connectivity index is 0.00000122. The summed E-state index contributed by atoms with van der Waals surface area (Å²) in [6.45, 7) is 5.28. The molecular weight excluding hydrogens is 492 g/mol. The van der Waals surface area contributed by atoms with E-state index in [0.717, 1.165) is 19.3 Å². The number of hydrogen-bond donors (Lipinski definition) is 8. The number of aliphatic hydroxyl groups is 7. The molecule has 37 heavy (non-hydrogen) atoms. The largest absolute Gasteiger partial charge is 0.396 e. The monoisotopic (exact) mass is 542 g/mol. The van der Waals surface area contributed by atoms with E-state index in [0.29, 0.717) is 45.5 Å². The van der Waals surface area contributed by atoms with E-state index in [1.54, 1.807) is 4.90 Å². The molecule has 13 heteroatoms. The lowest BCUT2D eigenvalue weighted by Crippen LogP contribution is -2.59. The first-order valence-electron chi connectivity index (χ1n) is 13.1. The van der Waals surface area contributed by atoms with Crippen LogP contribution in [0.2, 0.25) is 0 Å². The van der Waals surface area contributed by atoms with Crippen LogP contribution in [0.15, 0.2) is 0 Å². The number of unbranched alkanes of at least 4 members (excludes halogenated alkanes) is 2. The van der Waals surface area contributed by atoms with Gasteiger partial charge in [0, 0.05) is 32.7 Å². The molecule has 222 valence electrons. The van der Waals surface area contributed by atoms with Crippen molar-refractivity contribution in [2.45, 2.75) is 95.3 Å². The third-order valence-corrected chi connectivity index (χ3v) is 5.79. The SMILES string of the molecule is CCOCC(O)C(C)O.NCCCCCC(=O)N(CCCO)CCCO[C@H]1OC(CO)[C@@H](O)C(O)C1O. The van der Waals surface area contributed by atoms with E-state index in [2.05, 4.69) is 0 Å². The predicted molar refractivity (Wildman–Crippen MR) is 134 cm³/mol. The molecule has 1 aliphatic heterocycles. The quantitative estimate of drug-likeness (QED) is 0.0857. The van der Waals surface area contributed by atoms with Crippen LogP contribution >= 0.6 is 0 Å². The van der Waals surface area contributed by atoms with Gasteiger partial charge in [-0.2, -0.15) is 0 Å². The average molecular weight is 543 g/mol. The molecule has 1 saturated heterocycles. The number of amides is 1. The number of nitrogens with two attached hydrogens (primary N) is 1. The van der Waals surface area contributed by atoms with Crippen molar-refractivity contribution in [1.29, 1.82) is 0 Å². The van der Waals surface area contributed by atoms with Gasteiger partial charge in [-0.25, -0.2) is 0 Å². The Hall–Kier alpha value is -0.970. The lowest BCUT2D eigenvalue weighted by Gasteiger charge is -2.39. The van der Waals surface area contributed by atoms with E-state index in [9.17, 15) is 25.2 Å². The Morgan fingerprint density at radius 1 is 1.00 bits per heavy atom. The van der Waals surface area contributed by atoms with E-state index in [-0.39, 0.29) is 25.7 Å². The molecule has 0 radical (unpaired) electrons. The molecule has 0 bridgehead atoms. The third-order valence-electron chi connectivity index (χ3n) is 5.79. The highest BCUT2D eigenvalue weighted by molar-refractivity contribution is 5.76. The Bertz CT molecular complexity index is 557. The van der Waals surface area contributed by atoms with Gasteiger partial charge in [-0.05, 0) is 46.1 Å². The van der Waals surface area contributed by atoms with Gasteiger partial charge in [0.25, 0.3) is 0 Å². The molecule has 0 aromatic carbocycles. The van der Waals surface area contributed by atoms with Gasteiger partial charge < -0.3 is 60.6 Å². The highest BCUT2D eigenvalue weighted by Gasteiger charge is 2.43. The highest BCUT2D eigenvalue weighted by Crippen LogP contribution is 2.22. The summed E-state index contributed by atoms with van der Waals surface area (Å²) in [5.74, 6) is 0.0123. The van der Waals surface area contributed by atoms with Crippen molar-refractivity contribution in [3.8, 4) is 0 Å². The predicted octanol–water partition coefficient (Wildman–Crippen LogP) is -2.31. The fraction of sp³-hybridized carbons (Fsp3) is 0.958. The summed E-state index contributed by atoms with van der Waals surface area (Å²) in [5, 5.41) is 65.2. The zero-order valence-corrected chi connectivity index (χ0v) is 22.2. The maximum absolute atomic E-state index is 12.3. The molecule has 0 aliphatic carbocycles. The van der Waals surface area contributed by atoms with E-state index in [1.807, 2.05) is 6.92 Å². The van der Waals surface area contributed by atoms with Crippen LogP contribution in [0.1, 0.15) is 52.4 Å². The van der Waals surface area contributed by atoms with Crippen molar-refractivity contribution in [3.63, 3.8) is 0 Å². The third kappa shape index (κ3) is 15.3. The Morgan fingerprint density at radius 2 is 1.68 bits per heavy atom. The summed E-state index contributed by atoms with van der Waals surface area (Å²) in [7, 11) is 0. The van der Waals surface area contributed by atoms with E-state index in [1.165, 1.54) is 6.92 Å². The minimum Gasteiger partial charge on any atom is -0.396 e. The molecule has 0 aromatic heterocycles. The fourth-order valence-electron chi connectivity index (χ4n) is 3.42. The number of aliphatic hydroxyl groups excluding tert-OH is 7. The molecule has 9 N–H and O–H groups in total. The van der Waals surface area contributed by atoms with Crippen LogP contribution in [0, 0.1) is 0 Å². The molecule has 1 aliphatic rings. The van der Waals surface area contributed by atoms with E-state index >= 15 is 0 Å². The molecule has 5 unspecified atom stereocenters. The second-order valence-electron chi connectivity index (χ2n) is 8.95. The molecule has 1 amide bonds. The van der Waals surface area contributed by atoms with Gasteiger partial charge in [-0.3, -0.25) is 4.79 Å². The lowest BCUT2D eigenvalue weighted by atomic mass is 9.99. The molecule has 7 atom stereocenters. The number of carbonyl (C=O) groups excluding carboxylic acids is 1. The number of rotatable bonds is 18. The second kappa shape index (κ2) is 21.9. The zero-order valence-electron chi connectivity index (χ0n) is 22.2. The minimum absolute atomic E-state index is 0.00166. The summed E-state index contributed by atoms with van der Waals surface area (Å²) < 4.78 is 15.6. The highest BCUT2D eigenvalue weighted by atomic mass is 16.7. The van der Waals surface area contributed by atoms with Crippen LogP contribution in [0.4, 0.5) is 0 Å². The molecule has 0 saturated carbocycles. The van der Waals surface area contributed by atoms with Gasteiger partial charge in [0.1, 0.15) is 30.5 Å². The molecule has 1 heterocycles. The fourth-order valence-corrected chi connectivity index (χ4v) is 3.42. The Labute approximate surface area is 219 Å². The van der Waals surface area contributed by atoms with Crippen molar-refractivity contribution in [3.05, 3.63) is 0 Å². The number of ether oxygens (including phenoxy) is 3. The molecular formula is C24H50N2O11. The van der Waals surface area contributed by atoms with E-state index < -0.39 is 49.5 Å². The Kier molecular flexibility index (Phi) is 21.3. The summed E-state index contributed by atoms with van der Waals surface area (Å²) in [6, 6.07) is 0. The second-order valence-corrected chi connectivity index (χ2v) is 8.95. The van der Waals surface area contributed by atoms with Crippen molar-refractivity contribution in [2.75, 3.05) is 52.7 Å². The average Bonchev–Trinajstić information content (AvgIpc) is 2.89. The molecule has 1 fully saturated rings. The molecule has 13 nitrogen and oxygen atoms in total. The first-order chi connectivity index (χ1) is 17.6. The number of hydrogen-bond acceptors (Lipinski definition) is 12. The molecule has 0 spiro atoms.